The van der Waals surface area contributed by atoms with E-state index in [4.69, 9.17) is 0 Å². The van der Waals surface area contributed by atoms with E-state index in [0.29, 0.717) is 17.0 Å². The van der Waals surface area contributed by atoms with E-state index >= 15 is 0 Å². The van der Waals surface area contributed by atoms with Crippen LogP contribution in [0.4, 0.5) is 0 Å². The largest absolute Gasteiger partial charge is 0.300 e. The molecule has 0 heterocycles. The number of hydrogen-bond acceptors (Lipinski definition) is 2. The van der Waals surface area contributed by atoms with Gasteiger partial charge in [0.25, 0.3) is 0 Å². The molecule has 2 heteroatoms. The Morgan fingerprint density at radius 1 is 1.40 bits per heavy atom. The van der Waals surface area contributed by atoms with Crippen LogP contribution >= 0.6 is 11.8 Å². The number of allylic oxidation sites excluding steroid dienone is 2. The molecule has 1 aliphatic carbocycles. The molecule has 0 amide bonds. The summed E-state index contributed by atoms with van der Waals surface area (Å²) < 4.78 is 0. The van der Waals surface area contributed by atoms with E-state index in [1.54, 1.807) is 0 Å². The van der Waals surface area contributed by atoms with Crippen molar-refractivity contribution < 1.29 is 4.79 Å². The van der Waals surface area contributed by atoms with Crippen LogP contribution in [0.3, 0.4) is 0 Å². The second-order valence-electron chi connectivity index (χ2n) is 4.89. The summed E-state index contributed by atoms with van der Waals surface area (Å²) in [5.74, 6) is 1.05. The summed E-state index contributed by atoms with van der Waals surface area (Å²) in [6.07, 6.45) is 3.89. The molecule has 86 valence electrons. The molecule has 0 aromatic carbocycles. The van der Waals surface area contributed by atoms with Gasteiger partial charge in [-0.25, -0.2) is 0 Å². The third-order valence-corrected chi connectivity index (χ3v) is 4.62. The topological polar surface area (TPSA) is 17.1 Å². The Balaban J connectivity index is 2.59. The van der Waals surface area contributed by atoms with Crippen molar-refractivity contribution >= 4 is 17.5 Å². The van der Waals surface area contributed by atoms with Crippen molar-refractivity contribution in [2.75, 3.05) is 0 Å². The number of rotatable bonds is 3. The first-order valence-electron chi connectivity index (χ1n) is 5.86. The maximum atomic E-state index is 11.4. The second-order valence-corrected chi connectivity index (χ2v) is 6.24. The Morgan fingerprint density at radius 3 is 2.53 bits per heavy atom. The van der Waals surface area contributed by atoms with Gasteiger partial charge in [-0.3, -0.25) is 4.79 Å². The molecule has 1 saturated carbocycles. The lowest BCUT2D eigenvalue weighted by Crippen LogP contribution is -2.17. The van der Waals surface area contributed by atoms with E-state index in [1.807, 2.05) is 11.8 Å². The van der Waals surface area contributed by atoms with E-state index in [2.05, 4.69) is 27.7 Å². The molecule has 1 atom stereocenters. The summed E-state index contributed by atoms with van der Waals surface area (Å²) in [4.78, 5) is 12.8. The van der Waals surface area contributed by atoms with Gasteiger partial charge in [0, 0.05) is 18.1 Å². The molecule has 1 aliphatic rings. The molecule has 1 unspecified atom stereocenters. The molecule has 0 radical (unpaired) electrons. The Morgan fingerprint density at radius 2 is 2.07 bits per heavy atom. The van der Waals surface area contributed by atoms with Gasteiger partial charge in [-0.1, -0.05) is 19.4 Å². The van der Waals surface area contributed by atoms with Crippen molar-refractivity contribution in [1.29, 1.82) is 0 Å². The second kappa shape index (κ2) is 5.74. The molecule has 0 bridgehead atoms. The first kappa shape index (κ1) is 12.8. The van der Waals surface area contributed by atoms with Crippen LogP contribution in [0.5, 0.6) is 0 Å². The van der Waals surface area contributed by atoms with Crippen molar-refractivity contribution in [2.24, 2.45) is 5.92 Å². The zero-order valence-electron chi connectivity index (χ0n) is 10.3. The standard InChI is InChI=1S/C13H22OS/c1-9(2)13(10(3)4)15-12-7-5-6-11(14)8-12/h9,12H,5-8H2,1-4H3. The number of thioether (sulfide) groups is 1. The van der Waals surface area contributed by atoms with E-state index in [-0.39, 0.29) is 0 Å². The van der Waals surface area contributed by atoms with Crippen molar-refractivity contribution in [3.05, 3.63) is 10.5 Å². The molecule has 0 aromatic heterocycles. The highest BCUT2D eigenvalue weighted by atomic mass is 32.2. The monoisotopic (exact) mass is 226 g/mol. The minimum absolute atomic E-state index is 0.454. The molecular weight excluding hydrogens is 204 g/mol. The smallest absolute Gasteiger partial charge is 0.134 e. The van der Waals surface area contributed by atoms with Crippen molar-refractivity contribution in [1.82, 2.24) is 0 Å². The van der Waals surface area contributed by atoms with Crippen molar-refractivity contribution in [3.63, 3.8) is 0 Å². The number of carbonyl (C=O) groups is 1. The van der Waals surface area contributed by atoms with Crippen molar-refractivity contribution in [3.8, 4) is 0 Å². The van der Waals surface area contributed by atoms with E-state index < -0.39 is 0 Å². The van der Waals surface area contributed by atoms with Gasteiger partial charge in [-0.15, -0.1) is 11.8 Å². The highest BCUT2D eigenvalue weighted by Gasteiger charge is 2.22. The van der Waals surface area contributed by atoms with Gasteiger partial charge in [0.1, 0.15) is 5.78 Å². The maximum Gasteiger partial charge on any atom is 0.134 e. The summed E-state index contributed by atoms with van der Waals surface area (Å²) in [5, 5.41) is 0.540. The summed E-state index contributed by atoms with van der Waals surface area (Å²) in [7, 11) is 0. The van der Waals surface area contributed by atoms with Gasteiger partial charge in [0.15, 0.2) is 0 Å². The minimum Gasteiger partial charge on any atom is -0.300 e. The van der Waals surface area contributed by atoms with Crippen LogP contribution in [-0.4, -0.2) is 11.0 Å². The number of carbonyl (C=O) groups excluding carboxylic acids is 1. The lowest BCUT2D eigenvalue weighted by atomic mass is 9.99. The predicted molar refractivity (Wildman–Crippen MR) is 68.1 cm³/mol. The molecule has 0 N–H and O–H groups in total. The average molecular weight is 226 g/mol. The summed E-state index contributed by atoms with van der Waals surface area (Å²) in [6, 6.07) is 0. The number of Topliss-reactive ketones (excluding diaryl/α,β-unsaturated/α-hetero) is 1. The zero-order valence-corrected chi connectivity index (χ0v) is 11.1. The van der Waals surface area contributed by atoms with Crippen molar-refractivity contribution in [2.45, 2.75) is 58.6 Å². The predicted octanol–water partition coefficient (Wildman–Crippen LogP) is 4.18. The molecule has 0 aliphatic heterocycles. The third kappa shape index (κ3) is 4.02. The van der Waals surface area contributed by atoms with Gasteiger partial charge in [0.05, 0.1) is 0 Å². The van der Waals surface area contributed by atoms with Crippen LogP contribution in [0.25, 0.3) is 0 Å². The minimum atomic E-state index is 0.454. The fraction of sp³-hybridized carbons (Fsp3) is 0.769. The Kier molecular flexibility index (Phi) is 4.91. The number of ketones is 1. The Hall–Kier alpha value is -0.240. The Labute approximate surface area is 97.7 Å². The first-order chi connectivity index (χ1) is 7.00. The Bertz CT molecular complexity index is 262. The summed E-state index contributed by atoms with van der Waals surface area (Å²) in [6.45, 7) is 8.82. The van der Waals surface area contributed by atoms with Gasteiger partial charge in [0.2, 0.25) is 0 Å². The van der Waals surface area contributed by atoms with Crippen LogP contribution in [-0.2, 0) is 4.79 Å². The molecule has 0 aromatic rings. The van der Waals surface area contributed by atoms with E-state index in [0.717, 1.165) is 19.3 Å². The summed E-state index contributed by atoms with van der Waals surface area (Å²) >= 11 is 1.94. The molecule has 15 heavy (non-hydrogen) atoms. The fourth-order valence-electron chi connectivity index (χ4n) is 2.10. The molecule has 0 saturated heterocycles. The highest BCUT2D eigenvalue weighted by Crippen LogP contribution is 2.36. The molecule has 1 fully saturated rings. The SMILES string of the molecule is CC(C)=C(SC1CCCC(=O)C1)C(C)C. The molecular formula is C13H22OS. The lowest BCUT2D eigenvalue weighted by Gasteiger charge is -2.24. The third-order valence-electron chi connectivity index (χ3n) is 2.75. The van der Waals surface area contributed by atoms with Gasteiger partial charge >= 0.3 is 0 Å². The van der Waals surface area contributed by atoms with E-state index in [9.17, 15) is 4.79 Å². The van der Waals surface area contributed by atoms with Crippen LogP contribution in [0.1, 0.15) is 53.4 Å². The molecule has 1 nitrogen and oxygen atoms in total. The molecule has 1 rings (SSSR count). The van der Waals surface area contributed by atoms with Gasteiger partial charge in [-0.2, -0.15) is 0 Å². The van der Waals surface area contributed by atoms with Crippen LogP contribution < -0.4 is 0 Å². The quantitative estimate of drug-likeness (QED) is 0.718. The maximum absolute atomic E-state index is 11.4. The summed E-state index contributed by atoms with van der Waals surface area (Å²) in [5.41, 5.74) is 1.41. The fourth-order valence-corrected chi connectivity index (χ4v) is 3.52. The number of hydrogen-bond donors (Lipinski definition) is 0. The van der Waals surface area contributed by atoms with E-state index in [1.165, 1.54) is 16.9 Å². The normalized spacial score (nSPS) is 21.9. The van der Waals surface area contributed by atoms with Gasteiger partial charge < -0.3 is 0 Å². The zero-order chi connectivity index (χ0) is 11.4. The first-order valence-corrected chi connectivity index (χ1v) is 6.74. The molecule has 0 spiro atoms. The van der Waals surface area contributed by atoms with Crippen LogP contribution in [0.15, 0.2) is 10.5 Å². The highest BCUT2D eigenvalue weighted by molar-refractivity contribution is 8.03. The lowest BCUT2D eigenvalue weighted by molar-refractivity contribution is -0.120. The van der Waals surface area contributed by atoms with Crippen LogP contribution in [0.2, 0.25) is 0 Å². The van der Waals surface area contributed by atoms with Crippen LogP contribution in [0, 0.1) is 5.92 Å². The average Bonchev–Trinajstić information content (AvgIpc) is 2.13. The van der Waals surface area contributed by atoms with Gasteiger partial charge in [-0.05, 0) is 37.5 Å².